The zero-order valence-electron chi connectivity index (χ0n) is 34.2. The van der Waals surface area contributed by atoms with Gasteiger partial charge in [-0.3, -0.25) is 19.1 Å². The molecule has 2 saturated carbocycles. The predicted molar refractivity (Wildman–Crippen MR) is 204 cm³/mol. The third kappa shape index (κ3) is 9.47. The number of alkyl carbamates (subject to hydrolysis) is 1. The molecule has 2 aromatic rings. The number of rotatable bonds is 8. The maximum atomic E-state index is 14.7. The minimum atomic E-state index is -5.09. The van der Waals surface area contributed by atoms with Gasteiger partial charge in [-0.05, 0) is 83.3 Å². The molecule has 3 fully saturated rings. The number of alkyl halides is 6. The Morgan fingerprint density at radius 3 is 2.33 bits per heavy atom. The fraction of sp³-hybridized carbons (Fsp3) is 0.641. The minimum Gasteiger partial charge on any atom is -0.497 e. The van der Waals surface area contributed by atoms with Crippen LogP contribution in [0.15, 0.2) is 30.4 Å². The highest BCUT2D eigenvalue weighted by Gasteiger charge is 2.63. The van der Waals surface area contributed by atoms with Crippen LogP contribution >= 0.6 is 0 Å². The van der Waals surface area contributed by atoms with Crippen molar-refractivity contribution in [1.29, 1.82) is 0 Å². The van der Waals surface area contributed by atoms with E-state index in [1.807, 2.05) is 6.92 Å². The summed E-state index contributed by atoms with van der Waals surface area (Å²) in [5.74, 6) is -5.45. The highest BCUT2D eigenvalue weighted by Crippen LogP contribution is 2.48. The molecule has 0 unspecified atom stereocenters. The first-order valence-electron chi connectivity index (χ1n) is 19.7. The van der Waals surface area contributed by atoms with E-state index in [0.717, 1.165) is 4.90 Å². The molecule has 0 bridgehead atoms. The van der Waals surface area contributed by atoms with Gasteiger partial charge in [0.05, 0.1) is 29.4 Å². The number of nitrogens with one attached hydrogen (secondary N) is 3. The summed E-state index contributed by atoms with van der Waals surface area (Å²) in [5, 5.41) is 4.88. The fourth-order valence-electron chi connectivity index (χ4n) is 7.61. The van der Waals surface area contributed by atoms with Crippen LogP contribution in [-0.2, 0) is 35.3 Å². The first-order valence-corrected chi connectivity index (χ1v) is 21.2. The van der Waals surface area contributed by atoms with Crippen molar-refractivity contribution in [2.45, 2.75) is 126 Å². The number of carbonyl (C=O) groups excluding carboxylic acids is 4. The van der Waals surface area contributed by atoms with Crippen LogP contribution in [0.5, 0.6) is 11.6 Å². The number of carbonyl (C=O) groups is 4. The molecule has 4 aliphatic rings. The molecule has 1 aromatic heterocycles. The quantitative estimate of drug-likeness (QED) is 0.229. The number of nitrogens with zero attached hydrogens (tertiary/aromatic N) is 3. The molecule has 2 aliphatic carbocycles. The lowest BCUT2D eigenvalue weighted by atomic mass is 9.88. The smallest absolute Gasteiger partial charge is 0.438 e. The second-order valence-electron chi connectivity index (χ2n) is 17.2. The van der Waals surface area contributed by atoms with E-state index in [2.05, 4.69) is 25.3 Å². The monoisotopic (exact) mass is 890 g/mol. The second kappa shape index (κ2) is 16.1. The number of hydrogen-bond acceptors (Lipinski definition) is 11. The van der Waals surface area contributed by atoms with E-state index >= 15 is 0 Å². The van der Waals surface area contributed by atoms with Crippen molar-refractivity contribution >= 4 is 44.9 Å². The first-order chi connectivity index (χ1) is 28.2. The SMILES string of the molecule is COc1ccc2nc(C(F)(F)F)c(O[C@@H]3C[C@H]4C(=O)N[C@]5(C(=O)NS(=O)(=O)C6(C)CC6)C[C@H]5/C=C/CC[C@@H](C)C[C@@H](C)[C@H](NC(=O)OC(C)(C)C(F)(F)F)C(=O)N4C3)nc2c1. The normalized spacial score (nSPS) is 28.9. The van der Waals surface area contributed by atoms with Crippen molar-refractivity contribution in [3.05, 3.63) is 36.0 Å². The summed E-state index contributed by atoms with van der Waals surface area (Å²) in [7, 11) is -2.85. The summed E-state index contributed by atoms with van der Waals surface area (Å²) in [6.45, 7) is 5.49. The number of halogens is 6. The van der Waals surface area contributed by atoms with E-state index in [9.17, 15) is 53.9 Å². The van der Waals surface area contributed by atoms with Gasteiger partial charge in [0.2, 0.25) is 39.0 Å². The van der Waals surface area contributed by atoms with Crippen LogP contribution in [0.25, 0.3) is 11.0 Å². The largest absolute Gasteiger partial charge is 0.497 e. The molecule has 2 aliphatic heterocycles. The van der Waals surface area contributed by atoms with Crippen LogP contribution in [-0.4, -0.2) is 101 Å². The lowest BCUT2D eigenvalue weighted by Crippen LogP contribution is -2.59. The third-order valence-electron chi connectivity index (χ3n) is 11.9. The Bertz CT molecular complexity index is 2220. The summed E-state index contributed by atoms with van der Waals surface area (Å²) in [4.78, 5) is 64.9. The number of hydrogen-bond donors (Lipinski definition) is 3. The zero-order chi connectivity index (χ0) is 45.1. The lowest BCUT2D eigenvalue weighted by molar-refractivity contribution is -0.244. The van der Waals surface area contributed by atoms with Crippen LogP contribution in [0.3, 0.4) is 0 Å². The maximum absolute atomic E-state index is 14.7. The number of amides is 4. The van der Waals surface area contributed by atoms with Gasteiger partial charge in [0.15, 0.2) is 0 Å². The van der Waals surface area contributed by atoms with E-state index < -0.39 is 117 Å². The lowest BCUT2D eigenvalue weighted by Gasteiger charge is -2.34. The fourth-order valence-corrected chi connectivity index (χ4v) is 8.92. The number of allylic oxidation sites excluding steroid dienone is 1. The molecule has 3 heterocycles. The third-order valence-corrected chi connectivity index (χ3v) is 14.1. The average Bonchev–Trinajstić information content (AvgIpc) is 4.03. The summed E-state index contributed by atoms with van der Waals surface area (Å²) in [5.41, 5.74) is -6.51. The van der Waals surface area contributed by atoms with Gasteiger partial charge in [0.25, 0.3) is 5.91 Å². The van der Waals surface area contributed by atoms with E-state index in [1.165, 1.54) is 32.2 Å². The Kier molecular flexibility index (Phi) is 12.0. The molecule has 22 heteroatoms. The Labute approximate surface area is 347 Å². The van der Waals surface area contributed by atoms with E-state index in [-0.39, 0.29) is 35.5 Å². The Morgan fingerprint density at radius 1 is 1.02 bits per heavy atom. The van der Waals surface area contributed by atoms with Crippen molar-refractivity contribution in [3.8, 4) is 11.6 Å². The second-order valence-corrected chi connectivity index (χ2v) is 19.4. The van der Waals surface area contributed by atoms with Crippen molar-refractivity contribution < 1.29 is 68.1 Å². The molecule has 7 atom stereocenters. The minimum absolute atomic E-state index is 0.0312. The molecule has 61 heavy (non-hydrogen) atoms. The molecular formula is C39H48F6N6O9S. The number of benzene rings is 1. The molecule has 6 rings (SSSR count). The van der Waals surface area contributed by atoms with Crippen molar-refractivity contribution in [2.75, 3.05) is 13.7 Å². The zero-order valence-corrected chi connectivity index (χ0v) is 35.0. The van der Waals surface area contributed by atoms with Crippen LogP contribution < -0.4 is 24.8 Å². The van der Waals surface area contributed by atoms with Crippen LogP contribution in [0.2, 0.25) is 0 Å². The van der Waals surface area contributed by atoms with Crippen LogP contribution in [0.4, 0.5) is 31.1 Å². The van der Waals surface area contributed by atoms with Gasteiger partial charge in [-0.2, -0.15) is 26.3 Å². The summed E-state index contributed by atoms with van der Waals surface area (Å²) >= 11 is 0. The Balaban J connectivity index is 1.39. The van der Waals surface area contributed by atoms with Gasteiger partial charge in [-0.15, -0.1) is 0 Å². The molecule has 3 N–H and O–H groups in total. The summed E-state index contributed by atoms with van der Waals surface area (Å²) in [6, 6.07) is 0.689. The van der Waals surface area contributed by atoms with E-state index in [1.54, 1.807) is 19.1 Å². The first kappa shape index (κ1) is 45.6. The number of ether oxygens (including phenoxy) is 3. The van der Waals surface area contributed by atoms with Crippen LogP contribution in [0.1, 0.15) is 85.3 Å². The molecule has 0 spiro atoms. The molecule has 0 radical (unpaired) electrons. The number of fused-ring (bicyclic) bond motifs is 3. The topological polar surface area (TPSA) is 195 Å². The summed E-state index contributed by atoms with van der Waals surface area (Å²) < 4.78 is 127. The predicted octanol–water partition coefficient (Wildman–Crippen LogP) is 5.33. The van der Waals surface area contributed by atoms with Gasteiger partial charge in [-0.25, -0.2) is 23.2 Å². The van der Waals surface area contributed by atoms with Crippen LogP contribution in [0, 0.1) is 17.8 Å². The molecule has 1 saturated heterocycles. The number of sulfonamides is 1. The van der Waals surface area contributed by atoms with Gasteiger partial charge in [0.1, 0.15) is 29.5 Å². The molecule has 15 nitrogen and oxygen atoms in total. The highest BCUT2D eigenvalue weighted by atomic mass is 32.2. The molecule has 4 amide bonds. The molecule has 336 valence electrons. The van der Waals surface area contributed by atoms with E-state index in [4.69, 9.17) is 14.2 Å². The van der Waals surface area contributed by atoms with Gasteiger partial charge in [0, 0.05) is 18.4 Å². The van der Waals surface area contributed by atoms with Gasteiger partial charge >= 0.3 is 18.4 Å². The van der Waals surface area contributed by atoms with E-state index in [0.29, 0.717) is 39.5 Å². The Hall–Kier alpha value is -4.89. The average molecular weight is 891 g/mol. The maximum Gasteiger partial charge on any atom is 0.438 e. The Morgan fingerprint density at radius 2 is 1.70 bits per heavy atom. The van der Waals surface area contributed by atoms with Crippen molar-refractivity contribution in [1.82, 2.24) is 30.2 Å². The number of aromatic nitrogens is 2. The highest BCUT2D eigenvalue weighted by molar-refractivity contribution is 7.91. The molecule has 1 aromatic carbocycles. The van der Waals surface area contributed by atoms with Gasteiger partial charge < -0.3 is 29.7 Å². The number of methoxy groups -OCH3 is 1. The molecular weight excluding hydrogens is 843 g/mol. The van der Waals surface area contributed by atoms with Crippen molar-refractivity contribution in [2.24, 2.45) is 17.8 Å². The van der Waals surface area contributed by atoms with Gasteiger partial charge in [-0.1, -0.05) is 26.0 Å². The van der Waals surface area contributed by atoms with Crippen molar-refractivity contribution in [3.63, 3.8) is 0 Å². The standard InChI is InChI=1S/C39H48F6N6O9S/c1-20-9-7-8-10-22-18-37(22,33(54)50-61(56,57)36(5)13-14-36)49-30(52)27-17-24(59-31-29(38(40,41)42)46-25-12-11-23(58-6)16-26(25)47-31)19-51(27)32(53)28(21(2)15-20)48-34(55)60-35(3,4)39(43,44)45/h8,10-12,16,20-22,24,27-28H,7,9,13-15,17-19H2,1-6H3,(H,48,55)(H,49,52)(H,50,54)/b10-8+/t20-,21-,22-,24-,27+,28+,37-/m1/s1. The summed E-state index contributed by atoms with van der Waals surface area (Å²) in [6.07, 6.45) is -8.40.